The summed E-state index contributed by atoms with van der Waals surface area (Å²) >= 11 is 0. The zero-order chi connectivity index (χ0) is 40.6. The molecule has 1 aliphatic heterocycles. The predicted molar refractivity (Wildman–Crippen MR) is 212 cm³/mol. The summed E-state index contributed by atoms with van der Waals surface area (Å²) in [6.07, 6.45) is 13.9. The lowest BCUT2D eigenvalue weighted by Crippen LogP contribution is -2.61. The van der Waals surface area contributed by atoms with Crippen molar-refractivity contribution in [1.82, 2.24) is 20.9 Å². The van der Waals surface area contributed by atoms with Gasteiger partial charge in [0.15, 0.2) is 0 Å². The minimum absolute atomic E-state index is 0.0469. The number of fused-ring (bicyclic) bond motifs is 1. The van der Waals surface area contributed by atoms with Crippen LogP contribution in [0.3, 0.4) is 0 Å². The molecule has 306 valence electrons. The zero-order valence-electron chi connectivity index (χ0n) is 34.0. The summed E-state index contributed by atoms with van der Waals surface area (Å²) in [5.41, 5.74) is 9.05. The summed E-state index contributed by atoms with van der Waals surface area (Å²) in [5, 5.41) is 8.56. The standard InChI is InChI=1S/C44H63N5O7/c1-43(2,3)37(41(54)56-27-29-17-10-6-11-18-29)48-42(55)47-34(30-21-12-8-13-22-30)40(53)49-26-32-31(24-25-44(32,4)5)35(49)39(52)46-33(36(50)38(45)51)23-14-7-9-16-28-19-15-20-28/h6,10-11,17-18,25,28,30,32-35,37H,7-9,12-16,19-23,26-27H2,1-5H3,(H2,45,51)(H,46,52)(H2,47,48,55)/t32-,33?,34-,35-,37-/m0/s1. The van der Waals surface area contributed by atoms with Gasteiger partial charge in [0.05, 0.1) is 6.04 Å². The lowest BCUT2D eigenvalue weighted by atomic mass is 9.79. The number of carbonyl (C=O) groups excluding carboxylic acids is 6. The van der Waals surface area contributed by atoms with E-state index in [2.05, 4.69) is 21.7 Å². The van der Waals surface area contributed by atoms with Gasteiger partial charge in [0.2, 0.25) is 17.6 Å². The van der Waals surface area contributed by atoms with Gasteiger partial charge in [-0.3, -0.25) is 19.2 Å². The highest BCUT2D eigenvalue weighted by atomic mass is 16.5. The number of primary amides is 1. The van der Waals surface area contributed by atoms with E-state index in [0.29, 0.717) is 24.8 Å². The van der Waals surface area contributed by atoms with Crippen LogP contribution >= 0.6 is 0 Å². The lowest BCUT2D eigenvalue weighted by Gasteiger charge is -2.36. The average Bonchev–Trinajstić information content (AvgIpc) is 3.68. The van der Waals surface area contributed by atoms with E-state index < -0.39 is 70.5 Å². The number of hydrogen-bond donors (Lipinski definition) is 4. The molecular formula is C44H63N5O7. The van der Waals surface area contributed by atoms with E-state index >= 15 is 0 Å². The van der Waals surface area contributed by atoms with Crippen molar-refractivity contribution in [3.63, 3.8) is 0 Å². The van der Waals surface area contributed by atoms with Crippen LogP contribution in [0.15, 0.2) is 47.7 Å². The summed E-state index contributed by atoms with van der Waals surface area (Å²) < 4.78 is 5.62. The van der Waals surface area contributed by atoms with Crippen LogP contribution in [0.2, 0.25) is 0 Å². The highest BCUT2D eigenvalue weighted by Crippen LogP contribution is 2.46. The summed E-state index contributed by atoms with van der Waals surface area (Å²) in [4.78, 5) is 83.2. The number of Topliss-reactive ketones (excluding diaryl/α,β-unsaturated/α-hetero) is 1. The molecule has 4 aliphatic rings. The Hall–Kier alpha value is -4.44. The maximum absolute atomic E-state index is 14.9. The van der Waals surface area contributed by atoms with E-state index in [1.54, 1.807) is 0 Å². The van der Waals surface area contributed by atoms with Crippen LogP contribution in [0.4, 0.5) is 4.79 Å². The van der Waals surface area contributed by atoms with Gasteiger partial charge in [0, 0.05) is 18.0 Å². The van der Waals surface area contributed by atoms with Crippen LogP contribution in [0, 0.1) is 28.6 Å². The smallest absolute Gasteiger partial charge is 0.329 e. The van der Waals surface area contributed by atoms with E-state index in [4.69, 9.17) is 10.5 Å². The quantitative estimate of drug-likeness (QED) is 0.0686. The Morgan fingerprint density at radius 3 is 2.23 bits per heavy atom. The Bertz CT molecular complexity index is 1670. The number of esters is 1. The van der Waals surface area contributed by atoms with Gasteiger partial charge in [-0.2, -0.15) is 0 Å². The number of ether oxygens (including phenoxy) is 1. The molecule has 0 spiro atoms. The number of nitrogens with one attached hydrogen (secondary N) is 3. The van der Waals surface area contributed by atoms with Crippen LogP contribution in [-0.2, 0) is 35.3 Å². The Balaban J connectivity index is 1.34. The second kappa shape index (κ2) is 18.7. The first-order chi connectivity index (χ1) is 26.6. The first-order valence-electron chi connectivity index (χ1n) is 20.8. The summed E-state index contributed by atoms with van der Waals surface area (Å²) in [7, 11) is 0. The molecule has 5 N–H and O–H groups in total. The number of carbonyl (C=O) groups is 6. The number of unbranched alkanes of at least 4 members (excludes halogenated alkanes) is 2. The van der Waals surface area contributed by atoms with Crippen molar-refractivity contribution < 1.29 is 33.5 Å². The van der Waals surface area contributed by atoms with Gasteiger partial charge in [-0.05, 0) is 53.6 Å². The number of nitrogens with zero attached hydrogens (tertiary/aromatic N) is 1. The predicted octanol–water partition coefficient (Wildman–Crippen LogP) is 5.63. The number of hydrogen-bond acceptors (Lipinski definition) is 7. The topological polar surface area (TPSA) is 177 Å². The maximum Gasteiger partial charge on any atom is 0.329 e. The van der Waals surface area contributed by atoms with Crippen molar-refractivity contribution in [2.45, 2.75) is 149 Å². The molecule has 56 heavy (non-hydrogen) atoms. The molecule has 3 fully saturated rings. The van der Waals surface area contributed by atoms with Crippen LogP contribution in [-0.4, -0.2) is 71.1 Å². The van der Waals surface area contributed by atoms with E-state index in [1.165, 1.54) is 24.2 Å². The van der Waals surface area contributed by atoms with E-state index in [1.807, 2.05) is 71.0 Å². The molecule has 0 aromatic heterocycles. The van der Waals surface area contributed by atoms with Crippen LogP contribution in [0.5, 0.6) is 0 Å². The molecule has 5 rings (SSSR count). The van der Waals surface area contributed by atoms with Gasteiger partial charge < -0.3 is 31.3 Å². The number of nitrogens with two attached hydrogens (primary N) is 1. The Kier molecular flexibility index (Phi) is 14.2. The van der Waals surface area contributed by atoms with Crippen LogP contribution < -0.4 is 21.7 Å². The third kappa shape index (κ3) is 10.7. The minimum Gasteiger partial charge on any atom is -0.459 e. The number of benzene rings is 1. The van der Waals surface area contributed by atoms with E-state index in [-0.39, 0.29) is 31.4 Å². The maximum atomic E-state index is 14.9. The minimum atomic E-state index is -1.12. The largest absolute Gasteiger partial charge is 0.459 e. The fourth-order valence-corrected chi connectivity index (χ4v) is 8.66. The molecule has 1 saturated heterocycles. The third-order valence-corrected chi connectivity index (χ3v) is 12.4. The third-order valence-electron chi connectivity index (χ3n) is 12.4. The molecule has 1 unspecified atom stereocenters. The normalized spacial score (nSPS) is 22.2. The number of rotatable bonds is 17. The summed E-state index contributed by atoms with van der Waals surface area (Å²) in [6, 6.07) is 4.36. The van der Waals surface area contributed by atoms with Crippen LogP contribution in [0.25, 0.3) is 0 Å². The van der Waals surface area contributed by atoms with Crippen LogP contribution in [0.1, 0.15) is 124 Å². The Morgan fingerprint density at radius 1 is 0.911 bits per heavy atom. The van der Waals surface area contributed by atoms with Gasteiger partial charge >= 0.3 is 12.0 Å². The second-order valence-electron chi connectivity index (χ2n) is 18.1. The van der Waals surface area contributed by atoms with Crippen molar-refractivity contribution in [1.29, 1.82) is 0 Å². The molecule has 12 heteroatoms. The highest BCUT2D eigenvalue weighted by molar-refractivity contribution is 6.37. The number of ketones is 1. The first-order valence-corrected chi connectivity index (χ1v) is 20.8. The molecule has 1 heterocycles. The number of likely N-dealkylation sites (tertiary alicyclic amines) is 1. The van der Waals surface area contributed by atoms with Crippen molar-refractivity contribution in [2.24, 2.45) is 34.3 Å². The molecule has 5 amide bonds. The molecule has 12 nitrogen and oxygen atoms in total. The SMILES string of the molecule is CC(C)(C)[C@@H](NC(=O)N[C@H](C(=O)N1C[C@H]2C(=C=CC2(C)C)[C@H]1C(=O)NC(CCCCCC1CCC1)C(=O)C(N)=O)C1CCCCC1)C(=O)OCc1ccccc1. The van der Waals surface area contributed by atoms with Crippen molar-refractivity contribution in [2.75, 3.05) is 6.54 Å². The van der Waals surface area contributed by atoms with Crippen molar-refractivity contribution in [3.8, 4) is 0 Å². The molecular weight excluding hydrogens is 711 g/mol. The highest BCUT2D eigenvalue weighted by Gasteiger charge is 2.52. The van der Waals surface area contributed by atoms with Crippen molar-refractivity contribution in [3.05, 3.63) is 53.3 Å². The Morgan fingerprint density at radius 2 is 1.61 bits per heavy atom. The van der Waals surface area contributed by atoms with E-state index in [9.17, 15) is 28.8 Å². The van der Waals surface area contributed by atoms with Gasteiger partial charge in [-0.1, -0.05) is 129 Å². The molecule has 0 radical (unpaired) electrons. The van der Waals surface area contributed by atoms with Crippen molar-refractivity contribution >= 4 is 35.5 Å². The fraction of sp³-hybridized carbons (Fsp3) is 0.659. The van der Waals surface area contributed by atoms with E-state index in [0.717, 1.165) is 50.0 Å². The number of urea groups is 1. The molecule has 0 bridgehead atoms. The molecule has 2 saturated carbocycles. The average molecular weight is 774 g/mol. The second-order valence-corrected chi connectivity index (χ2v) is 18.1. The monoisotopic (exact) mass is 773 g/mol. The summed E-state index contributed by atoms with van der Waals surface area (Å²) in [5.74, 6) is -3.23. The first kappa shape index (κ1) is 42.7. The Labute approximate surface area is 332 Å². The fourth-order valence-electron chi connectivity index (χ4n) is 8.66. The molecule has 3 aliphatic carbocycles. The molecule has 5 atom stereocenters. The van der Waals surface area contributed by atoms with Gasteiger partial charge in [0.25, 0.3) is 5.91 Å². The lowest BCUT2D eigenvalue weighted by molar-refractivity contribution is -0.150. The van der Waals surface area contributed by atoms with Gasteiger partial charge in [-0.25, -0.2) is 9.59 Å². The van der Waals surface area contributed by atoms with Gasteiger partial charge in [-0.15, -0.1) is 5.73 Å². The molecule has 1 aromatic rings. The zero-order valence-corrected chi connectivity index (χ0v) is 34.0. The number of amides is 5. The van der Waals surface area contributed by atoms with Gasteiger partial charge in [0.1, 0.15) is 24.7 Å². The molecule has 1 aromatic carbocycles. The summed E-state index contributed by atoms with van der Waals surface area (Å²) in [6.45, 7) is 9.78.